The van der Waals surface area contributed by atoms with E-state index in [1.807, 2.05) is 12.1 Å². The molecule has 0 aliphatic carbocycles. The highest BCUT2D eigenvalue weighted by atomic mass is 79.9. The van der Waals surface area contributed by atoms with Crippen LogP contribution in [0.1, 0.15) is 15.8 Å². The third-order valence-corrected chi connectivity index (χ3v) is 3.64. The summed E-state index contributed by atoms with van der Waals surface area (Å²) < 4.78 is 20.2. The maximum absolute atomic E-state index is 10.6. The normalized spacial score (nSPS) is 13.2. The van der Waals surface area contributed by atoms with Gasteiger partial charge in [0, 0.05) is 5.33 Å². The zero-order chi connectivity index (χ0) is 9.84. The van der Waals surface area contributed by atoms with E-state index >= 15 is 0 Å². The van der Waals surface area contributed by atoms with Crippen LogP contribution in [0.5, 0.6) is 0 Å². The van der Waals surface area contributed by atoms with E-state index < -0.39 is 15.4 Å². The van der Waals surface area contributed by atoms with Crippen molar-refractivity contribution >= 4 is 38.2 Å². The third kappa shape index (κ3) is 2.97. The smallest absolute Gasteiger partial charge is 0.161 e. The first-order valence-electron chi connectivity index (χ1n) is 3.57. The highest BCUT2D eigenvalue weighted by Gasteiger charge is 2.09. The van der Waals surface area contributed by atoms with Crippen molar-refractivity contribution in [2.45, 2.75) is 10.0 Å². The molecule has 1 aromatic carbocycles. The lowest BCUT2D eigenvalue weighted by Crippen LogP contribution is -1.91. The molecule has 72 valence electrons. The predicted molar refractivity (Wildman–Crippen MR) is 58.0 cm³/mol. The summed E-state index contributed by atoms with van der Waals surface area (Å²) in [6.45, 7) is 0. The molecule has 0 aliphatic rings. The Morgan fingerprint density at radius 1 is 1.31 bits per heavy atom. The van der Waals surface area contributed by atoms with Crippen LogP contribution in [0.3, 0.4) is 0 Å². The average molecular weight is 284 g/mol. The zero-order valence-electron chi connectivity index (χ0n) is 6.61. The van der Waals surface area contributed by atoms with Gasteiger partial charge in [0.2, 0.25) is 0 Å². The van der Waals surface area contributed by atoms with Crippen molar-refractivity contribution in [3.63, 3.8) is 0 Å². The summed E-state index contributed by atoms with van der Waals surface area (Å²) in [4.78, 5) is 0. The fraction of sp³-hybridized carbons (Fsp3) is 0.250. The van der Waals surface area contributed by atoms with Crippen LogP contribution in [0.2, 0.25) is 0 Å². The maximum atomic E-state index is 10.6. The minimum Gasteiger partial charge on any atom is -0.230 e. The molecule has 0 radical (unpaired) electrons. The van der Waals surface area contributed by atoms with Crippen LogP contribution in [0.15, 0.2) is 24.3 Å². The van der Waals surface area contributed by atoms with Crippen molar-refractivity contribution in [1.29, 1.82) is 0 Å². The molecule has 0 spiro atoms. The van der Waals surface area contributed by atoms with E-state index in [1.165, 1.54) is 0 Å². The minimum atomic E-state index is -2.60. The molecule has 0 saturated carbocycles. The molecule has 1 aromatic rings. The van der Waals surface area contributed by atoms with Crippen LogP contribution >= 0.6 is 27.5 Å². The maximum Gasteiger partial charge on any atom is 0.161 e. The molecule has 0 amide bonds. The number of halogens is 2. The molecule has 1 rings (SSSR count). The summed E-state index contributed by atoms with van der Waals surface area (Å²) in [5.41, 5.74) is 1.70. The van der Waals surface area contributed by atoms with Gasteiger partial charge in [-0.3, -0.25) is 0 Å². The Labute approximate surface area is 92.0 Å². The SMILES string of the molecule is O=[SH](=O)C(Cl)c1ccc(CBr)cc1. The van der Waals surface area contributed by atoms with Crippen molar-refractivity contribution < 1.29 is 8.42 Å². The standard InChI is InChI=1S/C8H8BrClO2S/c9-5-6-1-3-7(4-2-6)8(10)13(11)12/h1-4,8,13H,5H2. The molecule has 0 aromatic heterocycles. The molecule has 13 heavy (non-hydrogen) atoms. The summed E-state index contributed by atoms with van der Waals surface area (Å²) in [5, 5.41) is 0.754. The highest BCUT2D eigenvalue weighted by Crippen LogP contribution is 2.21. The minimum absolute atomic E-state index is 0.613. The topological polar surface area (TPSA) is 34.1 Å². The van der Waals surface area contributed by atoms with Gasteiger partial charge in [-0.1, -0.05) is 40.2 Å². The zero-order valence-corrected chi connectivity index (χ0v) is 9.85. The van der Waals surface area contributed by atoms with Crippen molar-refractivity contribution in [3.05, 3.63) is 35.4 Å². The van der Waals surface area contributed by atoms with E-state index in [2.05, 4.69) is 15.9 Å². The van der Waals surface area contributed by atoms with E-state index in [0.717, 1.165) is 10.9 Å². The van der Waals surface area contributed by atoms with Gasteiger partial charge in [0.05, 0.1) is 0 Å². The predicted octanol–water partition coefficient (Wildman–Crippen LogP) is 2.43. The number of hydrogen-bond donors (Lipinski definition) is 1. The van der Waals surface area contributed by atoms with E-state index in [-0.39, 0.29) is 0 Å². The Morgan fingerprint density at radius 3 is 2.23 bits per heavy atom. The van der Waals surface area contributed by atoms with Crippen LogP contribution in [0, 0.1) is 0 Å². The van der Waals surface area contributed by atoms with E-state index in [9.17, 15) is 8.42 Å². The number of thiol groups is 1. The Balaban J connectivity index is 2.92. The van der Waals surface area contributed by atoms with E-state index in [4.69, 9.17) is 11.6 Å². The second kappa shape index (κ2) is 4.98. The lowest BCUT2D eigenvalue weighted by Gasteiger charge is -2.02. The van der Waals surface area contributed by atoms with Crippen LogP contribution in [-0.2, 0) is 16.0 Å². The van der Waals surface area contributed by atoms with Crippen LogP contribution in [-0.4, -0.2) is 8.42 Å². The van der Waals surface area contributed by atoms with Gasteiger partial charge in [-0.05, 0) is 11.1 Å². The van der Waals surface area contributed by atoms with Gasteiger partial charge in [0.25, 0.3) is 0 Å². The fourth-order valence-electron chi connectivity index (χ4n) is 0.887. The molecule has 0 heterocycles. The second-order valence-electron chi connectivity index (χ2n) is 2.50. The molecule has 5 heteroatoms. The van der Waals surface area contributed by atoms with Crippen molar-refractivity contribution in [1.82, 2.24) is 0 Å². The van der Waals surface area contributed by atoms with Gasteiger partial charge in [-0.2, -0.15) is 0 Å². The second-order valence-corrected chi connectivity index (χ2v) is 4.88. The van der Waals surface area contributed by atoms with E-state index in [1.54, 1.807) is 12.1 Å². The Hall–Kier alpha value is -0.0600. The molecule has 2 nitrogen and oxygen atoms in total. The summed E-state index contributed by atoms with van der Waals surface area (Å²) in [6, 6.07) is 7.13. The molecule has 1 unspecified atom stereocenters. The first-order valence-corrected chi connectivity index (χ1v) is 6.38. The molecule has 0 N–H and O–H groups in total. The number of alkyl halides is 2. The van der Waals surface area contributed by atoms with E-state index in [0.29, 0.717) is 5.56 Å². The number of rotatable bonds is 3. The quantitative estimate of drug-likeness (QED) is 0.683. The molecular formula is C8H8BrClO2S. The first-order chi connectivity index (χ1) is 6.15. The van der Waals surface area contributed by atoms with Gasteiger partial charge in [-0.25, -0.2) is 8.42 Å². The summed E-state index contributed by atoms with van der Waals surface area (Å²) in [5.74, 6) is 0. The molecule has 0 fully saturated rings. The summed E-state index contributed by atoms with van der Waals surface area (Å²) in [6.07, 6.45) is 0. The lowest BCUT2D eigenvalue weighted by atomic mass is 10.2. The van der Waals surface area contributed by atoms with Crippen molar-refractivity contribution in [2.75, 3.05) is 0 Å². The first kappa shape index (κ1) is 11.0. The monoisotopic (exact) mass is 282 g/mol. The molecule has 0 aliphatic heterocycles. The Bertz CT molecular complexity index is 340. The molecule has 0 saturated heterocycles. The largest absolute Gasteiger partial charge is 0.230 e. The average Bonchev–Trinajstić information content (AvgIpc) is 2.17. The number of benzene rings is 1. The molecular weight excluding hydrogens is 276 g/mol. The van der Waals surface area contributed by atoms with Crippen LogP contribution < -0.4 is 0 Å². The van der Waals surface area contributed by atoms with Crippen LogP contribution in [0.25, 0.3) is 0 Å². The fourth-order valence-corrected chi connectivity index (χ4v) is 1.82. The third-order valence-electron chi connectivity index (χ3n) is 1.59. The van der Waals surface area contributed by atoms with Gasteiger partial charge >= 0.3 is 0 Å². The molecule has 1 atom stereocenters. The van der Waals surface area contributed by atoms with Gasteiger partial charge in [0.15, 0.2) is 15.4 Å². The number of hydrogen-bond acceptors (Lipinski definition) is 2. The van der Waals surface area contributed by atoms with Crippen molar-refractivity contribution in [3.8, 4) is 0 Å². The van der Waals surface area contributed by atoms with Crippen molar-refractivity contribution in [2.24, 2.45) is 0 Å². The van der Waals surface area contributed by atoms with Crippen LogP contribution in [0.4, 0.5) is 0 Å². The Morgan fingerprint density at radius 2 is 1.85 bits per heavy atom. The Kier molecular flexibility index (Phi) is 4.22. The summed E-state index contributed by atoms with van der Waals surface area (Å²) >= 11 is 8.92. The van der Waals surface area contributed by atoms with Gasteiger partial charge < -0.3 is 0 Å². The summed E-state index contributed by atoms with van der Waals surface area (Å²) in [7, 11) is -2.60. The highest BCUT2D eigenvalue weighted by molar-refractivity contribution is 9.08. The molecule has 0 bridgehead atoms. The van der Waals surface area contributed by atoms with Gasteiger partial charge in [-0.15, -0.1) is 11.6 Å². The lowest BCUT2D eigenvalue weighted by molar-refractivity contribution is 0.612. The van der Waals surface area contributed by atoms with Gasteiger partial charge in [0.1, 0.15) is 0 Å².